The number of halogens is 1. The Bertz CT molecular complexity index is 1620. The van der Waals surface area contributed by atoms with E-state index in [4.69, 9.17) is 35.0 Å². The van der Waals surface area contributed by atoms with Gasteiger partial charge in [-0.15, -0.1) is 0 Å². The Hall–Kier alpha value is -4.12. The maximum Gasteiger partial charge on any atom is 0.340 e. The Morgan fingerprint density at radius 2 is 1.46 bits per heavy atom. The van der Waals surface area contributed by atoms with Gasteiger partial charge < -0.3 is 28.7 Å². The SMILES string of the molecule is COC(=O)C1=C(C(=O)OC)C(C(=O)OC)C(C(=O)OC)=c2oc3cc(C)c(Cl)cc3c(=O)c2=C1NC(C)(C)C. The van der Waals surface area contributed by atoms with Crippen LogP contribution in [0.5, 0.6) is 0 Å². The standard InChI is InChI=1S/C27H28ClNO10/c1-11-9-14-12(10-13(11)28)21(30)19-20(29-27(2,3)4)17(25(33)37-7)15(23(31)35-5)16(24(32)36-6)18(22(19)39-14)26(34)38-8/h9-10,16,29H,1-8H3. The number of ether oxygens (including phenoxy) is 4. The predicted octanol–water partition coefficient (Wildman–Crippen LogP) is 1.02. The highest BCUT2D eigenvalue weighted by atomic mass is 35.5. The van der Waals surface area contributed by atoms with E-state index in [0.717, 1.165) is 28.4 Å². The van der Waals surface area contributed by atoms with Gasteiger partial charge >= 0.3 is 23.9 Å². The molecule has 11 nitrogen and oxygen atoms in total. The molecule has 1 aliphatic rings. The van der Waals surface area contributed by atoms with Crippen LogP contribution in [0.15, 0.2) is 32.5 Å². The van der Waals surface area contributed by atoms with Gasteiger partial charge in [0.2, 0.25) is 5.43 Å². The fourth-order valence-corrected chi connectivity index (χ4v) is 4.39. The molecule has 1 atom stereocenters. The van der Waals surface area contributed by atoms with Crippen molar-refractivity contribution in [2.24, 2.45) is 5.92 Å². The van der Waals surface area contributed by atoms with E-state index in [-0.39, 0.29) is 26.9 Å². The Morgan fingerprint density at radius 1 is 0.897 bits per heavy atom. The van der Waals surface area contributed by atoms with E-state index in [1.54, 1.807) is 27.7 Å². The second kappa shape index (κ2) is 10.9. The third-order valence-corrected chi connectivity index (χ3v) is 6.31. The number of fused-ring (bicyclic) bond motifs is 2. The molecule has 39 heavy (non-hydrogen) atoms. The summed E-state index contributed by atoms with van der Waals surface area (Å²) in [5.74, 6) is -6.42. The van der Waals surface area contributed by atoms with E-state index < -0.39 is 62.9 Å². The van der Waals surface area contributed by atoms with Crippen LogP contribution in [0, 0.1) is 12.8 Å². The van der Waals surface area contributed by atoms with Crippen molar-refractivity contribution < 1.29 is 42.5 Å². The lowest BCUT2D eigenvalue weighted by Crippen LogP contribution is -2.49. The molecule has 0 saturated heterocycles. The molecule has 1 aromatic carbocycles. The maximum absolute atomic E-state index is 14.1. The molecule has 0 bridgehead atoms. The van der Waals surface area contributed by atoms with Crippen LogP contribution in [0.25, 0.3) is 22.2 Å². The summed E-state index contributed by atoms with van der Waals surface area (Å²) in [4.78, 5) is 67.4. The molecular formula is C27H28ClNO10. The zero-order valence-corrected chi connectivity index (χ0v) is 23.4. The Balaban J connectivity index is 2.92. The summed E-state index contributed by atoms with van der Waals surface area (Å²) in [5.41, 5.74) is -3.31. The van der Waals surface area contributed by atoms with Crippen molar-refractivity contribution in [2.75, 3.05) is 28.4 Å². The third kappa shape index (κ3) is 5.26. The van der Waals surface area contributed by atoms with E-state index in [9.17, 15) is 24.0 Å². The summed E-state index contributed by atoms with van der Waals surface area (Å²) in [5, 5.41) is 3.00. The van der Waals surface area contributed by atoms with Crippen LogP contribution in [0.1, 0.15) is 26.3 Å². The molecule has 0 saturated carbocycles. The molecule has 0 fully saturated rings. The molecule has 1 N–H and O–H groups in total. The number of rotatable bonds is 5. The summed E-state index contributed by atoms with van der Waals surface area (Å²) in [6, 6.07) is 2.87. The molecule has 208 valence electrons. The second-order valence-corrected chi connectivity index (χ2v) is 10.0. The maximum atomic E-state index is 14.1. The van der Waals surface area contributed by atoms with Crippen molar-refractivity contribution in [1.82, 2.24) is 5.32 Å². The molecule has 0 radical (unpaired) electrons. The zero-order chi connectivity index (χ0) is 29.4. The normalized spacial score (nSPS) is 15.4. The number of aryl methyl sites for hydroxylation is 1. The minimum Gasteiger partial charge on any atom is -0.468 e. The number of hydrogen-bond donors (Lipinski definition) is 1. The first kappa shape index (κ1) is 29.4. The number of esters is 4. The topological polar surface area (TPSA) is 147 Å². The second-order valence-electron chi connectivity index (χ2n) is 9.62. The number of carbonyl (C=O) groups is 4. The molecule has 12 heteroatoms. The van der Waals surface area contributed by atoms with Crippen molar-refractivity contribution in [2.45, 2.75) is 33.2 Å². The van der Waals surface area contributed by atoms with Crippen LogP contribution in [0.4, 0.5) is 0 Å². The highest BCUT2D eigenvalue weighted by molar-refractivity contribution is 6.32. The van der Waals surface area contributed by atoms with Gasteiger partial charge in [-0.05, 0) is 45.4 Å². The molecule has 1 unspecified atom stereocenters. The van der Waals surface area contributed by atoms with Gasteiger partial charge in [0, 0.05) is 10.6 Å². The van der Waals surface area contributed by atoms with E-state index in [0.29, 0.717) is 5.56 Å². The highest BCUT2D eigenvalue weighted by Gasteiger charge is 2.45. The molecule has 0 aliphatic heterocycles. The molecule has 0 spiro atoms. The van der Waals surface area contributed by atoms with Crippen LogP contribution in [-0.2, 0) is 38.1 Å². The molecule has 1 aliphatic carbocycles. The van der Waals surface area contributed by atoms with Gasteiger partial charge in [0.15, 0.2) is 5.42 Å². The van der Waals surface area contributed by atoms with Crippen LogP contribution >= 0.6 is 11.6 Å². The molecule has 0 amide bonds. The van der Waals surface area contributed by atoms with Crippen LogP contribution in [0.2, 0.25) is 5.02 Å². The first-order valence-electron chi connectivity index (χ1n) is 11.6. The van der Waals surface area contributed by atoms with Gasteiger partial charge in [0.1, 0.15) is 11.5 Å². The zero-order valence-electron chi connectivity index (χ0n) is 22.7. The smallest absolute Gasteiger partial charge is 0.340 e. The van der Waals surface area contributed by atoms with E-state index in [2.05, 4.69) is 5.32 Å². The third-order valence-electron chi connectivity index (χ3n) is 5.90. The van der Waals surface area contributed by atoms with Gasteiger partial charge in [0.05, 0.1) is 61.5 Å². The van der Waals surface area contributed by atoms with Gasteiger partial charge in [-0.25, -0.2) is 14.4 Å². The Labute approximate surface area is 228 Å². The average Bonchev–Trinajstić information content (AvgIpc) is 3.00. The van der Waals surface area contributed by atoms with Crippen LogP contribution in [-0.4, -0.2) is 57.9 Å². The van der Waals surface area contributed by atoms with Crippen LogP contribution in [0.3, 0.4) is 0 Å². The summed E-state index contributed by atoms with van der Waals surface area (Å²) >= 11 is 6.30. The Kier molecular flexibility index (Phi) is 8.25. The van der Waals surface area contributed by atoms with E-state index in [1.165, 1.54) is 12.1 Å². The number of benzene rings is 1. The lowest BCUT2D eigenvalue weighted by molar-refractivity contribution is -0.147. The van der Waals surface area contributed by atoms with Crippen molar-refractivity contribution in [3.63, 3.8) is 0 Å². The van der Waals surface area contributed by atoms with Crippen LogP contribution < -0.4 is 21.4 Å². The van der Waals surface area contributed by atoms with Gasteiger partial charge in [-0.2, -0.15) is 0 Å². The summed E-state index contributed by atoms with van der Waals surface area (Å²) in [7, 11) is 4.13. The van der Waals surface area contributed by atoms with Gasteiger partial charge in [-0.1, -0.05) is 11.6 Å². The first-order valence-corrected chi connectivity index (χ1v) is 12.0. The fraction of sp³-hybridized carbons (Fsp3) is 0.370. The molecule has 1 heterocycles. The highest BCUT2D eigenvalue weighted by Crippen LogP contribution is 2.33. The lowest BCUT2D eigenvalue weighted by Gasteiger charge is -2.26. The van der Waals surface area contributed by atoms with Crippen molar-refractivity contribution in [1.29, 1.82) is 0 Å². The minimum absolute atomic E-state index is 0.0159. The summed E-state index contributed by atoms with van der Waals surface area (Å²) in [6.07, 6.45) is 0. The summed E-state index contributed by atoms with van der Waals surface area (Å²) < 4.78 is 25.9. The fourth-order valence-electron chi connectivity index (χ4n) is 4.23. The van der Waals surface area contributed by atoms with Crippen molar-refractivity contribution >= 4 is 57.7 Å². The monoisotopic (exact) mass is 561 g/mol. The molecule has 2 aromatic rings. The van der Waals surface area contributed by atoms with Gasteiger partial charge in [-0.3, -0.25) is 9.59 Å². The molecule has 1 aromatic heterocycles. The number of hydrogen-bond acceptors (Lipinski definition) is 11. The Morgan fingerprint density at radius 3 is 1.97 bits per heavy atom. The number of nitrogens with one attached hydrogen (secondary N) is 1. The average molecular weight is 562 g/mol. The van der Waals surface area contributed by atoms with Gasteiger partial charge in [0.25, 0.3) is 0 Å². The quantitative estimate of drug-likeness (QED) is 0.412. The number of carbonyl (C=O) groups excluding carboxylic acids is 4. The largest absolute Gasteiger partial charge is 0.468 e. The van der Waals surface area contributed by atoms with Crippen molar-refractivity contribution in [3.05, 3.63) is 54.7 Å². The lowest BCUT2D eigenvalue weighted by atomic mass is 9.87. The minimum atomic E-state index is -1.91. The predicted molar refractivity (Wildman–Crippen MR) is 140 cm³/mol. The molecule has 3 rings (SSSR count). The summed E-state index contributed by atoms with van der Waals surface area (Å²) in [6.45, 7) is 6.86. The number of methoxy groups -OCH3 is 4. The molecular weight excluding hydrogens is 534 g/mol. The van der Waals surface area contributed by atoms with Crippen molar-refractivity contribution in [3.8, 4) is 0 Å². The van der Waals surface area contributed by atoms with E-state index in [1.807, 2.05) is 0 Å². The first-order chi connectivity index (χ1) is 18.2. The van der Waals surface area contributed by atoms with E-state index >= 15 is 0 Å².